The van der Waals surface area contributed by atoms with Gasteiger partial charge in [-0.05, 0) is 23.3 Å². The average molecular weight is 354 g/mol. The van der Waals surface area contributed by atoms with E-state index in [0.717, 1.165) is 12.2 Å². The van der Waals surface area contributed by atoms with Crippen LogP contribution >= 0.6 is 0 Å². The van der Waals surface area contributed by atoms with Gasteiger partial charge in [0.2, 0.25) is 12.2 Å². The molecule has 0 aromatic heterocycles. The monoisotopic (exact) mass is 354 g/mol. The lowest BCUT2D eigenvalue weighted by molar-refractivity contribution is 0.0264. The molecule has 132 valence electrons. The highest BCUT2D eigenvalue weighted by molar-refractivity contribution is 6.03. The van der Waals surface area contributed by atoms with Crippen molar-refractivity contribution < 1.29 is 28.7 Å². The maximum atomic E-state index is 12.1. The Bertz CT molecular complexity index is 779. The van der Waals surface area contributed by atoms with E-state index in [0.29, 0.717) is 22.3 Å². The summed E-state index contributed by atoms with van der Waals surface area (Å²) in [7, 11) is 0. The van der Waals surface area contributed by atoms with E-state index in [1.165, 1.54) is 0 Å². The minimum Gasteiger partial charge on any atom is -0.458 e. The molecular formula is C18H14N2O6. The van der Waals surface area contributed by atoms with E-state index in [1.54, 1.807) is 36.4 Å². The van der Waals surface area contributed by atoms with E-state index in [9.17, 15) is 9.59 Å². The van der Waals surface area contributed by atoms with Crippen molar-refractivity contribution in [2.45, 2.75) is 0 Å². The van der Waals surface area contributed by atoms with Crippen molar-refractivity contribution in [3.8, 4) is 11.1 Å². The van der Waals surface area contributed by atoms with Crippen LogP contribution in [-0.4, -0.2) is 37.3 Å². The molecule has 0 radical (unpaired) electrons. The molecule has 0 aliphatic carbocycles. The van der Waals surface area contributed by atoms with Gasteiger partial charge in [0.05, 0.1) is 11.1 Å². The number of rotatable bonds is 0. The van der Waals surface area contributed by atoms with Crippen LogP contribution in [0.25, 0.3) is 11.1 Å². The zero-order valence-electron chi connectivity index (χ0n) is 13.5. The van der Waals surface area contributed by atoms with Crippen molar-refractivity contribution in [1.82, 2.24) is 0 Å². The van der Waals surface area contributed by atoms with Gasteiger partial charge in [-0.1, -0.05) is 36.4 Å². The maximum absolute atomic E-state index is 12.1. The molecule has 1 aliphatic heterocycles. The van der Waals surface area contributed by atoms with Crippen LogP contribution in [0.1, 0.15) is 20.7 Å². The summed E-state index contributed by atoms with van der Waals surface area (Å²) in [6.45, 7) is 0.113. The number of hydrogen-bond donors (Lipinski definition) is 2. The number of hydrogen-bond acceptors (Lipinski definition) is 8. The molecule has 26 heavy (non-hydrogen) atoms. The van der Waals surface area contributed by atoms with E-state index < -0.39 is 11.9 Å². The number of esters is 2. The van der Waals surface area contributed by atoms with E-state index in [1.807, 2.05) is 12.1 Å². The minimum atomic E-state index is -0.409. The van der Waals surface area contributed by atoms with Gasteiger partial charge in [0.25, 0.3) is 0 Å². The highest BCUT2D eigenvalue weighted by atomic mass is 16.6. The van der Waals surface area contributed by atoms with Crippen LogP contribution < -0.4 is 0 Å². The van der Waals surface area contributed by atoms with Gasteiger partial charge in [0.1, 0.15) is 13.2 Å². The molecule has 2 aromatic rings. The smallest absolute Gasteiger partial charge is 0.338 e. The van der Waals surface area contributed by atoms with Crippen LogP contribution in [0, 0.1) is 10.8 Å². The van der Waals surface area contributed by atoms with Crippen LogP contribution in [0.3, 0.4) is 0 Å². The fraction of sp³-hybridized carbons (Fsp3) is 0.111. The SMILES string of the molecule is N=C=O.N=C=O.O=C1OCCOC(=O)c2ccccc2-c2ccccc21. The third kappa shape index (κ3) is 5.35. The van der Waals surface area contributed by atoms with Crippen molar-refractivity contribution >= 4 is 24.1 Å². The second kappa shape index (κ2) is 10.8. The molecule has 3 rings (SSSR count). The molecule has 2 N–H and O–H groups in total. The van der Waals surface area contributed by atoms with Gasteiger partial charge in [-0.2, -0.15) is 0 Å². The Labute approximate surface area is 148 Å². The molecule has 0 spiro atoms. The number of ether oxygens (including phenoxy) is 2. The Balaban J connectivity index is 0.000000499. The fourth-order valence-electron chi connectivity index (χ4n) is 2.22. The topological polar surface area (TPSA) is 134 Å². The van der Waals surface area contributed by atoms with Gasteiger partial charge < -0.3 is 9.47 Å². The number of isocyanates is 2. The Morgan fingerprint density at radius 2 is 0.923 bits per heavy atom. The number of carbonyl (C=O) groups is 2. The molecule has 2 aromatic carbocycles. The Morgan fingerprint density at radius 1 is 0.654 bits per heavy atom. The van der Waals surface area contributed by atoms with Gasteiger partial charge >= 0.3 is 11.9 Å². The summed E-state index contributed by atoms with van der Waals surface area (Å²) < 4.78 is 10.2. The summed E-state index contributed by atoms with van der Waals surface area (Å²) in [6, 6.07) is 14.2. The summed E-state index contributed by atoms with van der Waals surface area (Å²) in [5.41, 5.74) is 2.25. The van der Waals surface area contributed by atoms with Crippen molar-refractivity contribution in [2.24, 2.45) is 0 Å². The van der Waals surface area contributed by atoms with Crippen molar-refractivity contribution in [2.75, 3.05) is 13.2 Å². The highest BCUT2D eigenvalue weighted by Gasteiger charge is 2.21. The van der Waals surface area contributed by atoms with Crippen molar-refractivity contribution in [3.05, 3.63) is 59.7 Å². The third-order valence-electron chi connectivity index (χ3n) is 3.13. The average Bonchev–Trinajstić information content (AvgIpc) is 2.66. The first-order valence-corrected chi connectivity index (χ1v) is 7.21. The highest BCUT2D eigenvalue weighted by Crippen LogP contribution is 2.28. The molecule has 0 amide bonds. The number of benzene rings is 2. The minimum absolute atomic E-state index is 0.0566. The summed E-state index contributed by atoms with van der Waals surface area (Å²) in [5.74, 6) is -0.818. The summed E-state index contributed by atoms with van der Waals surface area (Å²) >= 11 is 0. The van der Waals surface area contributed by atoms with E-state index in [-0.39, 0.29) is 13.2 Å². The molecule has 0 bridgehead atoms. The first-order valence-electron chi connectivity index (χ1n) is 7.21. The van der Waals surface area contributed by atoms with Crippen molar-refractivity contribution in [1.29, 1.82) is 10.8 Å². The Hall–Kier alpha value is -3.86. The van der Waals surface area contributed by atoms with Gasteiger partial charge in [-0.15, -0.1) is 0 Å². The summed E-state index contributed by atoms with van der Waals surface area (Å²) in [4.78, 5) is 40.8. The fourth-order valence-corrected chi connectivity index (χ4v) is 2.22. The van der Waals surface area contributed by atoms with Gasteiger partial charge in [0.15, 0.2) is 0 Å². The zero-order valence-corrected chi connectivity index (χ0v) is 13.5. The summed E-state index contributed by atoms with van der Waals surface area (Å²) in [5, 5.41) is 10.8. The van der Waals surface area contributed by atoms with E-state index >= 15 is 0 Å². The molecule has 0 saturated heterocycles. The van der Waals surface area contributed by atoms with Crippen LogP contribution in [-0.2, 0) is 19.1 Å². The largest absolute Gasteiger partial charge is 0.458 e. The molecule has 0 unspecified atom stereocenters. The van der Waals surface area contributed by atoms with Crippen molar-refractivity contribution in [3.63, 3.8) is 0 Å². The number of nitrogens with one attached hydrogen (secondary N) is 2. The van der Waals surface area contributed by atoms with Crippen LogP contribution in [0.4, 0.5) is 0 Å². The lowest BCUT2D eigenvalue weighted by atomic mass is 9.95. The maximum Gasteiger partial charge on any atom is 0.338 e. The quantitative estimate of drug-likeness (QED) is 0.424. The second-order valence-corrected chi connectivity index (χ2v) is 4.57. The number of carbonyl (C=O) groups excluding carboxylic acids is 4. The van der Waals surface area contributed by atoms with Gasteiger partial charge in [-0.25, -0.2) is 30.0 Å². The standard InChI is InChI=1S/C16H12O4.2CHNO/c17-15-13-7-3-1-5-11(13)12-6-2-4-8-14(12)16(18)20-10-9-19-15;2*2-1-3/h1-8H,9-10H2;2*2H. The van der Waals surface area contributed by atoms with Crippen LogP contribution in [0.2, 0.25) is 0 Å². The van der Waals surface area contributed by atoms with Crippen LogP contribution in [0.5, 0.6) is 0 Å². The molecule has 0 atom stereocenters. The van der Waals surface area contributed by atoms with Gasteiger partial charge in [-0.3, -0.25) is 0 Å². The predicted molar refractivity (Wildman–Crippen MR) is 89.3 cm³/mol. The Kier molecular flexibility index (Phi) is 8.41. The summed E-state index contributed by atoms with van der Waals surface area (Å²) in [6.07, 6.45) is 1.50. The first kappa shape index (κ1) is 20.2. The molecule has 0 fully saturated rings. The third-order valence-corrected chi connectivity index (χ3v) is 3.13. The van der Waals surface area contributed by atoms with Gasteiger partial charge in [0, 0.05) is 0 Å². The lowest BCUT2D eigenvalue weighted by Gasteiger charge is -2.15. The molecule has 1 heterocycles. The predicted octanol–water partition coefficient (Wildman–Crippen LogP) is 2.48. The normalized spacial score (nSPS) is 11.8. The lowest BCUT2D eigenvalue weighted by Crippen LogP contribution is -2.17. The molecule has 0 saturated carbocycles. The number of fused-ring (bicyclic) bond motifs is 3. The molecule has 1 aliphatic rings. The van der Waals surface area contributed by atoms with E-state index in [4.69, 9.17) is 29.9 Å². The van der Waals surface area contributed by atoms with Crippen LogP contribution in [0.15, 0.2) is 48.5 Å². The zero-order chi connectivity index (χ0) is 19.4. The second-order valence-electron chi connectivity index (χ2n) is 4.57. The molecule has 8 heteroatoms. The Morgan fingerprint density at radius 3 is 1.23 bits per heavy atom. The molecular weight excluding hydrogens is 340 g/mol. The number of cyclic esters (lactones) is 2. The molecule has 8 nitrogen and oxygen atoms in total. The first-order chi connectivity index (χ1) is 12.6. The van der Waals surface area contributed by atoms with E-state index in [2.05, 4.69) is 0 Å².